The van der Waals surface area contributed by atoms with E-state index in [1.165, 1.54) is 0 Å². The van der Waals surface area contributed by atoms with Crippen molar-refractivity contribution in [2.75, 3.05) is 44.8 Å². The van der Waals surface area contributed by atoms with E-state index in [4.69, 9.17) is 14.2 Å². The Kier molecular flexibility index (Phi) is 6.34. The summed E-state index contributed by atoms with van der Waals surface area (Å²) in [5.74, 6) is 1.14. The maximum absolute atomic E-state index is 12.6. The summed E-state index contributed by atoms with van der Waals surface area (Å²) in [5, 5.41) is 5.82. The number of hydrogen-bond acceptors (Lipinski definition) is 5. The zero-order valence-electron chi connectivity index (χ0n) is 16.6. The van der Waals surface area contributed by atoms with Crippen LogP contribution in [0.1, 0.15) is 18.0 Å². The van der Waals surface area contributed by atoms with Crippen LogP contribution >= 0.6 is 0 Å². The number of morpholine rings is 1. The lowest BCUT2D eigenvalue weighted by Gasteiger charge is -2.27. The van der Waals surface area contributed by atoms with E-state index < -0.39 is 0 Å². The molecule has 8 heteroatoms. The standard InChI is InChI=1S/C22H25N3O5/c26-21(25-10-13-28-14-11-25)15-30-20-8-4-2-6-18(20)24-22(27)23-17-9-12-29-19-7-3-1-5-16(17)19/h1-8,17H,9-15H2,(H2,23,24,27)/t17-/m0/s1. The molecule has 2 N–H and O–H groups in total. The van der Waals surface area contributed by atoms with Crippen molar-refractivity contribution in [1.29, 1.82) is 0 Å². The van der Waals surface area contributed by atoms with Crippen molar-refractivity contribution in [2.24, 2.45) is 0 Å². The van der Waals surface area contributed by atoms with E-state index in [-0.39, 0.29) is 24.6 Å². The SMILES string of the molecule is O=C(Nc1ccccc1OCC(=O)N1CCOCC1)N[C@H]1CCOc2ccccc21. The minimum atomic E-state index is -0.341. The van der Waals surface area contributed by atoms with E-state index in [0.717, 1.165) is 11.3 Å². The van der Waals surface area contributed by atoms with E-state index in [0.29, 0.717) is 50.8 Å². The van der Waals surface area contributed by atoms with Gasteiger partial charge in [-0.2, -0.15) is 0 Å². The lowest BCUT2D eigenvalue weighted by molar-refractivity contribution is -0.137. The van der Waals surface area contributed by atoms with Crippen LogP contribution in [0.5, 0.6) is 11.5 Å². The fourth-order valence-corrected chi connectivity index (χ4v) is 3.55. The van der Waals surface area contributed by atoms with E-state index in [1.807, 2.05) is 24.3 Å². The van der Waals surface area contributed by atoms with Crippen molar-refractivity contribution in [3.8, 4) is 11.5 Å². The molecule has 0 unspecified atom stereocenters. The lowest BCUT2D eigenvalue weighted by atomic mass is 10.0. The van der Waals surface area contributed by atoms with Gasteiger partial charge in [-0.3, -0.25) is 4.79 Å². The molecule has 0 saturated carbocycles. The molecule has 0 bridgehead atoms. The fourth-order valence-electron chi connectivity index (χ4n) is 3.55. The number of amides is 3. The van der Waals surface area contributed by atoms with Gasteiger partial charge in [0, 0.05) is 25.1 Å². The third-order valence-corrected chi connectivity index (χ3v) is 5.11. The number of nitrogens with zero attached hydrogens (tertiary/aromatic N) is 1. The summed E-state index contributed by atoms with van der Waals surface area (Å²) in [6.07, 6.45) is 0.691. The first-order chi connectivity index (χ1) is 14.7. The number of nitrogens with one attached hydrogen (secondary N) is 2. The van der Waals surface area contributed by atoms with Gasteiger partial charge in [-0.15, -0.1) is 0 Å². The average molecular weight is 411 g/mol. The number of fused-ring (bicyclic) bond motifs is 1. The van der Waals surface area contributed by atoms with Gasteiger partial charge in [-0.25, -0.2) is 4.79 Å². The number of ether oxygens (including phenoxy) is 3. The highest BCUT2D eigenvalue weighted by atomic mass is 16.5. The zero-order valence-corrected chi connectivity index (χ0v) is 16.6. The highest BCUT2D eigenvalue weighted by Gasteiger charge is 2.23. The molecule has 2 heterocycles. The molecule has 8 nitrogen and oxygen atoms in total. The highest BCUT2D eigenvalue weighted by molar-refractivity contribution is 5.91. The number of rotatable bonds is 5. The Balaban J connectivity index is 1.36. The molecule has 4 rings (SSSR count). The van der Waals surface area contributed by atoms with Crippen LogP contribution in [0.3, 0.4) is 0 Å². The van der Waals surface area contributed by atoms with Gasteiger partial charge in [0.25, 0.3) is 5.91 Å². The Labute approximate surface area is 175 Å². The molecule has 2 aliphatic rings. The van der Waals surface area contributed by atoms with Gasteiger partial charge in [0.05, 0.1) is 31.5 Å². The van der Waals surface area contributed by atoms with Gasteiger partial charge in [-0.05, 0) is 18.2 Å². The zero-order chi connectivity index (χ0) is 20.8. The van der Waals surface area contributed by atoms with Gasteiger partial charge in [0.15, 0.2) is 6.61 Å². The molecular weight excluding hydrogens is 386 g/mol. The summed E-state index contributed by atoms with van der Waals surface area (Å²) < 4.78 is 16.6. The Morgan fingerprint density at radius 1 is 1.03 bits per heavy atom. The average Bonchev–Trinajstić information content (AvgIpc) is 2.79. The van der Waals surface area contributed by atoms with Gasteiger partial charge < -0.3 is 29.7 Å². The summed E-state index contributed by atoms with van der Waals surface area (Å²) in [6.45, 7) is 2.67. The smallest absolute Gasteiger partial charge is 0.319 e. The Hall–Kier alpha value is -3.26. The second-order valence-corrected chi connectivity index (χ2v) is 7.10. The lowest BCUT2D eigenvalue weighted by Crippen LogP contribution is -2.43. The van der Waals surface area contributed by atoms with Gasteiger partial charge >= 0.3 is 6.03 Å². The fraction of sp³-hybridized carbons (Fsp3) is 0.364. The van der Waals surface area contributed by atoms with E-state index >= 15 is 0 Å². The summed E-state index contributed by atoms with van der Waals surface area (Å²) in [6, 6.07) is 14.3. The summed E-state index contributed by atoms with van der Waals surface area (Å²) in [7, 11) is 0. The number of carbonyl (C=O) groups excluding carboxylic acids is 2. The Morgan fingerprint density at radius 2 is 1.80 bits per heavy atom. The van der Waals surface area contributed by atoms with Crippen LogP contribution in [0.15, 0.2) is 48.5 Å². The van der Waals surface area contributed by atoms with Crippen LogP contribution in [0.2, 0.25) is 0 Å². The molecule has 2 aliphatic heterocycles. The third-order valence-electron chi connectivity index (χ3n) is 5.11. The first-order valence-corrected chi connectivity index (χ1v) is 10.1. The van der Waals surface area contributed by atoms with Gasteiger partial charge in [0.2, 0.25) is 0 Å². The predicted molar refractivity (Wildman–Crippen MR) is 111 cm³/mol. The molecule has 1 fully saturated rings. The van der Waals surface area contributed by atoms with Crippen LogP contribution < -0.4 is 20.1 Å². The predicted octanol–water partition coefficient (Wildman–Crippen LogP) is 2.57. The Bertz CT molecular complexity index is 898. The van der Waals surface area contributed by atoms with Gasteiger partial charge in [-0.1, -0.05) is 30.3 Å². The number of carbonyl (C=O) groups is 2. The number of urea groups is 1. The molecule has 30 heavy (non-hydrogen) atoms. The van der Waals surface area contributed by atoms with Crippen molar-refractivity contribution >= 4 is 17.6 Å². The number of benzene rings is 2. The summed E-state index contributed by atoms with van der Waals surface area (Å²) in [5.41, 5.74) is 1.46. The van der Waals surface area contributed by atoms with Gasteiger partial charge in [0.1, 0.15) is 11.5 Å². The summed E-state index contributed by atoms with van der Waals surface area (Å²) in [4.78, 5) is 26.7. The third kappa shape index (κ3) is 4.83. The molecule has 0 aliphatic carbocycles. The molecule has 0 aromatic heterocycles. The first-order valence-electron chi connectivity index (χ1n) is 10.1. The molecule has 3 amide bonds. The normalized spacial score (nSPS) is 18.0. The van der Waals surface area contributed by atoms with Crippen LogP contribution in [0.25, 0.3) is 0 Å². The number of hydrogen-bond donors (Lipinski definition) is 2. The largest absolute Gasteiger partial charge is 0.493 e. The monoisotopic (exact) mass is 411 g/mol. The maximum Gasteiger partial charge on any atom is 0.319 e. The first kappa shape index (κ1) is 20.0. The number of anilines is 1. The summed E-state index contributed by atoms with van der Waals surface area (Å²) >= 11 is 0. The quantitative estimate of drug-likeness (QED) is 0.790. The van der Waals surface area contributed by atoms with E-state index in [9.17, 15) is 9.59 Å². The van der Waals surface area contributed by atoms with Crippen LogP contribution in [0.4, 0.5) is 10.5 Å². The topological polar surface area (TPSA) is 89.1 Å². The molecule has 2 aromatic rings. The van der Waals surface area contributed by atoms with E-state index in [1.54, 1.807) is 29.2 Å². The van der Waals surface area contributed by atoms with Crippen molar-refractivity contribution in [2.45, 2.75) is 12.5 Å². The van der Waals surface area contributed by atoms with Crippen molar-refractivity contribution in [1.82, 2.24) is 10.2 Å². The second-order valence-electron chi connectivity index (χ2n) is 7.10. The molecule has 1 atom stereocenters. The van der Waals surface area contributed by atoms with Crippen LogP contribution in [-0.2, 0) is 9.53 Å². The van der Waals surface area contributed by atoms with Crippen molar-refractivity contribution < 1.29 is 23.8 Å². The molecule has 0 spiro atoms. The van der Waals surface area contributed by atoms with Crippen LogP contribution in [0, 0.1) is 0 Å². The van der Waals surface area contributed by atoms with E-state index in [2.05, 4.69) is 10.6 Å². The second kappa shape index (κ2) is 9.49. The van der Waals surface area contributed by atoms with Crippen LogP contribution in [-0.4, -0.2) is 56.4 Å². The highest BCUT2D eigenvalue weighted by Crippen LogP contribution is 2.31. The minimum absolute atomic E-state index is 0.0896. The Morgan fingerprint density at radius 3 is 2.67 bits per heavy atom. The maximum atomic E-state index is 12.6. The van der Waals surface area contributed by atoms with Crippen molar-refractivity contribution in [3.63, 3.8) is 0 Å². The number of para-hydroxylation sites is 3. The molecule has 0 radical (unpaired) electrons. The molecule has 2 aromatic carbocycles. The molecular formula is C22H25N3O5. The van der Waals surface area contributed by atoms with Crippen molar-refractivity contribution in [3.05, 3.63) is 54.1 Å². The molecule has 1 saturated heterocycles. The minimum Gasteiger partial charge on any atom is -0.493 e. The molecule has 158 valence electrons.